The van der Waals surface area contributed by atoms with Gasteiger partial charge in [0.15, 0.2) is 11.5 Å². The summed E-state index contributed by atoms with van der Waals surface area (Å²) in [6.07, 6.45) is 6.58. The number of ether oxygens (including phenoxy) is 2. The monoisotopic (exact) mass is 421 g/mol. The van der Waals surface area contributed by atoms with Crippen LogP contribution in [0.3, 0.4) is 0 Å². The first kappa shape index (κ1) is 21.2. The van der Waals surface area contributed by atoms with Gasteiger partial charge in [-0.25, -0.2) is 9.89 Å². The number of carbonyl (C=O) groups is 1. The highest BCUT2D eigenvalue weighted by atomic mass is 16.5. The summed E-state index contributed by atoms with van der Waals surface area (Å²) in [4.78, 5) is 22.5. The zero-order chi connectivity index (χ0) is 21.8. The Morgan fingerprint density at radius 2 is 1.71 bits per heavy atom. The van der Waals surface area contributed by atoms with E-state index in [1.807, 2.05) is 48.5 Å². The lowest BCUT2D eigenvalue weighted by Gasteiger charge is -2.35. The van der Waals surface area contributed by atoms with Gasteiger partial charge in [-0.2, -0.15) is 0 Å². The van der Waals surface area contributed by atoms with E-state index in [0.29, 0.717) is 24.0 Å². The van der Waals surface area contributed by atoms with E-state index in [-0.39, 0.29) is 5.91 Å². The number of aliphatic imine (C=N–C) groups is 1. The largest absolute Gasteiger partial charge is 0.493 e. The predicted octanol–water partition coefficient (Wildman–Crippen LogP) is 4.28. The molecular weight excluding hydrogens is 390 g/mol. The van der Waals surface area contributed by atoms with Crippen LogP contribution in [0.2, 0.25) is 0 Å². The van der Waals surface area contributed by atoms with Gasteiger partial charge in [0.1, 0.15) is 6.04 Å². The molecule has 1 atom stereocenters. The van der Waals surface area contributed by atoms with Gasteiger partial charge in [-0.1, -0.05) is 49.6 Å². The molecule has 1 heterocycles. The maximum Gasteiger partial charge on any atom is 0.259 e. The Bertz CT molecular complexity index is 938. The number of rotatable bonds is 6. The number of amides is 1. The number of guanidine groups is 1. The molecule has 6 nitrogen and oxygen atoms in total. The van der Waals surface area contributed by atoms with Crippen LogP contribution in [0.15, 0.2) is 53.5 Å². The van der Waals surface area contributed by atoms with Crippen molar-refractivity contribution in [1.29, 1.82) is 0 Å². The van der Waals surface area contributed by atoms with Crippen molar-refractivity contribution in [2.45, 2.75) is 50.6 Å². The van der Waals surface area contributed by atoms with E-state index in [9.17, 15) is 4.79 Å². The van der Waals surface area contributed by atoms with Gasteiger partial charge in [-0.15, -0.1) is 0 Å². The molecule has 2 aromatic rings. The van der Waals surface area contributed by atoms with E-state index in [1.54, 1.807) is 19.1 Å². The fraction of sp³-hybridized carbons (Fsp3) is 0.440. The van der Waals surface area contributed by atoms with Crippen LogP contribution in [0.5, 0.6) is 11.5 Å². The number of hydrogen-bond donors (Lipinski definition) is 0. The summed E-state index contributed by atoms with van der Waals surface area (Å²) in [5.41, 5.74) is 1.86. The Balaban J connectivity index is 1.68. The molecule has 1 aliphatic carbocycles. The summed E-state index contributed by atoms with van der Waals surface area (Å²) in [5, 5.41) is 0. The van der Waals surface area contributed by atoms with Crippen LogP contribution < -0.4 is 14.4 Å². The van der Waals surface area contributed by atoms with E-state index >= 15 is 0 Å². The van der Waals surface area contributed by atoms with Crippen molar-refractivity contribution in [2.75, 3.05) is 26.2 Å². The number of anilines is 1. The normalized spacial score (nSPS) is 19.3. The summed E-state index contributed by atoms with van der Waals surface area (Å²) in [7, 11) is 5.29. The lowest BCUT2D eigenvalue weighted by Crippen LogP contribution is -2.48. The molecule has 1 aliphatic heterocycles. The summed E-state index contributed by atoms with van der Waals surface area (Å²) >= 11 is 0. The Labute approximate surface area is 184 Å². The third kappa shape index (κ3) is 4.38. The lowest BCUT2D eigenvalue weighted by atomic mass is 9.95. The SMILES string of the molecule is COc1ccc(N2C(=O)C(Cc3ccccc3)N=C2N(C)C2CCCCC2)cc1OC. The Kier molecular flexibility index (Phi) is 6.44. The average molecular weight is 422 g/mol. The minimum atomic E-state index is -0.434. The molecule has 0 bridgehead atoms. The second-order valence-electron chi connectivity index (χ2n) is 8.25. The van der Waals surface area contributed by atoms with E-state index in [4.69, 9.17) is 14.5 Å². The number of hydrogen-bond acceptors (Lipinski definition) is 5. The predicted molar refractivity (Wildman–Crippen MR) is 123 cm³/mol. The molecule has 0 saturated heterocycles. The molecule has 1 saturated carbocycles. The quantitative estimate of drug-likeness (QED) is 0.699. The van der Waals surface area contributed by atoms with Gasteiger partial charge in [0.2, 0.25) is 5.96 Å². The van der Waals surface area contributed by atoms with E-state index in [2.05, 4.69) is 11.9 Å². The summed E-state index contributed by atoms with van der Waals surface area (Å²) in [6, 6.07) is 15.6. The Morgan fingerprint density at radius 1 is 1.00 bits per heavy atom. The maximum atomic E-state index is 13.6. The fourth-order valence-corrected chi connectivity index (χ4v) is 4.56. The zero-order valence-corrected chi connectivity index (χ0v) is 18.6. The van der Waals surface area contributed by atoms with Crippen LogP contribution in [-0.2, 0) is 11.2 Å². The average Bonchev–Trinajstić information content (AvgIpc) is 3.15. The van der Waals surface area contributed by atoms with Crippen molar-refractivity contribution in [1.82, 2.24) is 4.90 Å². The summed E-state index contributed by atoms with van der Waals surface area (Å²) in [6.45, 7) is 0. The van der Waals surface area contributed by atoms with Crippen molar-refractivity contribution in [3.8, 4) is 11.5 Å². The van der Waals surface area contributed by atoms with Gasteiger partial charge in [-0.3, -0.25) is 4.79 Å². The minimum Gasteiger partial charge on any atom is -0.493 e. The maximum absolute atomic E-state index is 13.6. The molecule has 1 fully saturated rings. The van der Waals surface area contributed by atoms with Crippen LogP contribution in [0, 0.1) is 0 Å². The van der Waals surface area contributed by atoms with Crippen LogP contribution in [0.25, 0.3) is 0 Å². The van der Waals surface area contributed by atoms with Crippen molar-refractivity contribution in [3.63, 3.8) is 0 Å². The molecule has 1 amide bonds. The highest BCUT2D eigenvalue weighted by molar-refractivity contribution is 6.22. The van der Waals surface area contributed by atoms with Crippen molar-refractivity contribution in [3.05, 3.63) is 54.1 Å². The smallest absolute Gasteiger partial charge is 0.259 e. The summed E-state index contributed by atoms with van der Waals surface area (Å²) in [5.74, 6) is 1.95. The van der Waals surface area contributed by atoms with Crippen molar-refractivity contribution >= 4 is 17.6 Å². The molecule has 2 aliphatic rings. The first-order valence-electron chi connectivity index (χ1n) is 11.0. The standard InChI is InChI=1S/C25H31N3O3/c1-27(19-12-8-5-9-13-19)25-26-21(16-18-10-6-4-7-11-18)24(29)28(25)20-14-15-22(30-2)23(17-20)31-3/h4,6-7,10-11,14-15,17,19,21H,5,8-9,12-13,16H2,1-3H3. The zero-order valence-electron chi connectivity index (χ0n) is 18.6. The van der Waals surface area contributed by atoms with Gasteiger partial charge in [0.25, 0.3) is 5.91 Å². The van der Waals surface area contributed by atoms with Crippen molar-refractivity contribution < 1.29 is 14.3 Å². The molecular formula is C25H31N3O3. The van der Waals surface area contributed by atoms with E-state index < -0.39 is 6.04 Å². The van der Waals surface area contributed by atoms with Gasteiger partial charge in [-0.05, 0) is 30.5 Å². The molecule has 164 valence electrons. The number of nitrogens with zero attached hydrogens (tertiary/aromatic N) is 3. The second-order valence-corrected chi connectivity index (χ2v) is 8.25. The van der Waals surface area contributed by atoms with Crippen LogP contribution in [-0.4, -0.2) is 50.1 Å². The Hall–Kier alpha value is -3.02. The molecule has 6 heteroatoms. The number of carbonyl (C=O) groups excluding carboxylic acids is 1. The van der Waals surface area contributed by atoms with Crippen LogP contribution in [0.4, 0.5) is 5.69 Å². The van der Waals surface area contributed by atoms with E-state index in [0.717, 1.165) is 30.1 Å². The molecule has 1 unspecified atom stereocenters. The van der Waals surface area contributed by atoms with Gasteiger partial charge in [0, 0.05) is 25.6 Å². The molecule has 0 spiro atoms. The third-order valence-corrected chi connectivity index (χ3v) is 6.31. The molecule has 2 aromatic carbocycles. The van der Waals surface area contributed by atoms with Crippen molar-refractivity contribution in [2.24, 2.45) is 4.99 Å². The molecule has 0 aromatic heterocycles. The third-order valence-electron chi connectivity index (χ3n) is 6.31. The highest BCUT2D eigenvalue weighted by Gasteiger charge is 2.39. The minimum absolute atomic E-state index is 0.00580. The van der Waals surface area contributed by atoms with Gasteiger partial charge >= 0.3 is 0 Å². The molecule has 0 radical (unpaired) electrons. The molecule has 0 N–H and O–H groups in total. The van der Waals surface area contributed by atoms with Gasteiger partial charge < -0.3 is 14.4 Å². The van der Waals surface area contributed by atoms with Gasteiger partial charge in [0.05, 0.1) is 19.9 Å². The van der Waals surface area contributed by atoms with E-state index in [1.165, 1.54) is 19.3 Å². The topological polar surface area (TPSA) is 54.4 Å². The fourth-order valence-electron chi connectivity index (χ4n) is 4.56. The van der Waals surface area contributed by atoms with Crippen LogP contribution >= 0.6 is 0 Å². The molecule has 31 heavy (non-hydrogen) atoms. The first-order valence-corrected chi connectivity index (χ1v) is 11.0. The second kappa shape index (κ2) is 9.41. The lowest BCUT2D eigenvalue weighted by molar-refractivity contribution is -0.118. The highest BCUT2D eigenvalue weighted by Crippen LogP contribution is 2.35. The number of methoxy groups -OCH3 is 2. The Morgan fingerprint density at radius 3 is 2.39 bits per heavy atom. The summed E-state index contributed by atoms with van der Waals surface area (Å²) < 4.78 is 10.9. The number of benzene rings is 2. The van der Waals surface area contributed by atoms with Crippen LogP contribution in [0.1, 0.15) is 37.7 Å². The first-order chi connectivity index (χ1) is 15.1. The molecule has 4 rings (SSSR count).